The van der Waals surface area contributed by atoms with Crippen LogP contribution < -0.4 is 4.74 Å². The van der Waals surface area contributed by atoms with E-state index < -0.39 is 0 Å². The van der Waals surface area contributed by atoms with Gasteiger partial charge in [-0.3, -0.25) is 9.69 Å². The van der Waals surface area contributed by atoms with Crippen LogP contribution >= 0.6 is 23.4 Å². The van der Waals surface area contributed by atoms with Crippen LogP contribution in [0.2, 0.25) is 5.02 Å². The molecule has 0 amide bonds. The molecule has 27 heavy (non-hydrogen) atoms. The van der Waals surface area contributed by atoms with Crippen LogP contribution in [0.4, 0.5) is 0 Å². The van der Waals surface area contributed by atoms with Gasteiger partial charge in [-0.05, 0) is 49.4 Å². The van der Waals surface area contributed by atoms with Crippen molar-refractivity contribution in [1.82, 2.24) is 4.90 Å². The number of Topliss-reactive ketones (excluding diaryl/α,β-unsaturated/α-hetero) is 1. The molecule has 2 aromatic rings. The zero-order valence-electron chi connectivity index (χ0n) is 15.6. The second kappa shape index (κ2) is 9.00. The highest BCUT2D eigenvalue weighted by Crippen LogP contribution is 2.33. The molecule has 0 aliphatic carbocycles. The number of thioether (sulfide) groups is 1. The zero-order chi connectivity index (χ0) is 19.4. The number of hydrogen-bond acceptors (Lipinski definition) is 5. The maximum atomic E-state index is 12.9. The van der Waals surface area contributed by atoms with Gasteiger partial charge in [-0.25, -0.2) is 0 Å². The smallest absolute Gasteiger partial charge is 0.167 e. The first-order valence-electron chi connectivity index (χ1n) is 8.97. The summed E-state index contributed by atoms with van der Waals surface area (Å²) in [5.74, 6) is 0.651. The van der Waals surface area contributed by atoms with E-state index in [9.17, 15) is 9.90 Å². The van der Waals surface area contributed by atoms with Gasteiger partial charge in [0.1, 0.15) is 0 Å². The SMILES string of the molecule is COc1cc(CN2CCC[C@H](C(=O)c3ccc(SC)cc3)C2)c(Cl)cc1O. The number of nitrogens with zero attached hydrogens (tertiary/aromatic N) is 1. The van der Waals surface area contributed by atoms with Crippen LogP contribution in [0.5, 0.6) is 11.5 Å². The Morgan fingerprint density at radius 3 is 2.74 bits per heavy atom. The van der Waals surface area contributed by atoms with Crippen molar-refractivity contribution in [3.8, 4) is 11.5 Å². The average Bonchev–Trinajstić information content (AvgIpc) is 2.70. The van der Waals surface area contributed by atoms with Gasteiger partial charge in [-0.15, -0.1) is 11.8 Å². The van der Waals surface area contributed by atoms with Gasteiger partial charge >= 0.3 is 0 Å². The Kier molecular flexibility index (Phi) is 6.68. The number of ether oxygens (including phenoxy) is 1. The second-order valence-electron chi connectivity index (χ2n) is 6.78. The molecule has 3 rings (SSSR count). The molecule has 0 saturated carbocycles. The van der Waals surface area contributed by atoms with Crippen molar-refractivity contribution in [2.75, 3.05) is 26.5 Å². The number of phenolic OH excluding ortho intramolecular Hbond substituents is 1. The molecule has 4 nitrogen and oxygen atoms in total. The second-order valence-corrected chi connectivity index (χ2v) is 8.07. The summed E-state index contributed by atoms with van der Waals surface area (Å²) < 4.78 is 5.18. The van der Waals surface area contributed by atoms with Crippen LogP contribution in [0.25, 0.3) is 0 Å². The van der Waals surface area contributed by atoms with Gasteiger partial charge in [0.15, 0.2) is 17.3 Å². The minimum absolute atomic E-state index is 0.00309. The molecule has 1 aliphatic heterocycles. The van der Waals surface area contributed by atoms with Gasteiger partial charge in [-0.1, -0.05) is 23.7 Å². The van der Waals surface area contributed by atoms with Gasteiger partial charge in [0.2, 0.25) is 0 Å². The summed E-state index contributed by atoms with van der Waals surface area (Å²) >= 11 is 7.96. The molecule has 0 bridgehead atoms. The van der Waals surface area contributed by atoms with E-state index in [0.717, 1.165) is 35.4 Å². The fraction of sp³-hybridized carbons (Fsp3) is 0.381. The quantitative estimate of drug-likeness (QED) is 0.548. The van der Waals surface area contributed by atoms with Gasteiger partial charge < -0.3 is 9.84 Å². The monoisotopic (exact) mass is 405 g/mol. The number of hydrogen-bond donors (Lipinski definition) is 1. The van der Waals surface area contributed by atoms with Crippen LogP contribution in [0.3, 0.4) is 0 Å². The van der Waals surface area contributed by atoms with Crippen molar-refractivity contribution < 1.29 is 14.6 Å². The van der Waals surface area contributed by atoms with E-state index in [1.165, 1.54) is 13.2 Å². The molecule has 1 N–H and O–H groups in total. The summed E-state index contributed by atoms with van der Waals surface area (Å²) in [5.41, 5.74) is 1.67. The van der Waals surface area contributed by atoms with Gasteiger partial charge in [0, 0.05) is 40.6 Å². The van der Waals surface area contributed by atoms with Crippen molar-refractivity contribution in [3.05, 3.63) is 52.5 Å². The molecule has 1 aliphatic rings. The van der Waals surface area contributed by atoms with Gasteiger partial charge in [-0.2, -0.15) is 0 Å². The number of benzene rings is 2. The normalized spacial score (nSPS) is 17.7. The van der Waals surface area contributed by atoms with Crippen LogP contribution in [0, 0.1) is 5.92 Å². The molecule has 0 unspecified atom stereocenters. The highest BCUT2D eigenvalue weighted by molar-refractivity contribution is 7.98. The third kappa shape index (κ3) is 4.78. The maximum absolute atomic E-state index is 12.9. The highest BCUT2D eigenvalue weighted by Gasteiger charge is 2.27. The number of piperidine rings is 1. The molecule has 1 fully saturated rings. The van der Waals surface area contributed by atoms with Crippen LogP contribution in [-0.2, 0) is 6.54 Å². The third-order valence-corrected chi connectivity index (χ3v) is 6.09. The number of aromatic hydroxyl groups is 1. The standard InChI is InChI=1S/C21H24ClNO3S/c1-26-20-10-16(18(22)11-19(20)24)13-23-9-3-4-15(12-23)21(25)14-5-7-17(27-2)8-6-14/h5-8,10-11,15,24H,3-4,9,12-13H2,1-2H3/t15-/m0/s1. The van der Waals surface area contributed by atoms with Crippen LogP contribution in [0.15, 0.2) is 41.3 Å². The fourth-order valence-electron chi connectivity index (χ4n) is 3.51. The summed E-state index contributed by atoms with van der Waals surface area (Å²) in [6.45, 7) is 2.27. The number of carbonyl (C=O) groups is 1. The number of rotatable bonds is 6. The van der Waals surface area contributed by atoms with Crippen molar-refractivity contribution in [2.45, 2.75) is 24.3 Å². The Hall–Kier alpha value is -1.69. The Balaban J connectivity index is 1.69. The number of phenols is 1. The number of halogens is 1. The van der Waals surface area contributed by atoms with E-state index >= 15 is 0 Å². The Bertz CT molecular complexity index is 810. The average molecular weight is 406 g/mol. The lowest BCUT2D eigenvalue weighted by atomic mass is 9.90. The lowest BCUT2D eigenvalue weighted by Crippen LogP contribution is -2.38. The van der Waals surface area contributed by atoms with Gasteiger partial charge in [0.25, 0.3) is 0 Å². The van der Waals surface area contributed by atoms with E-state index in [0.29, 0.717) is 23.9 Å². The van der Waals surface area contributed by atoms with Crippen molar-refractivity contribution >= 4 is 29.1 Å². The molecule has 144 valence electrons. The Morgan fingerprint density at radius 1 is 1.33 bits per heavy atom. The van der Waals surface area contributed by atoms with E-state index in [4.69, 9.17) is 16.3 Å². The molecule has 0 radical (unpaired) electrons. The Labute approximate surface area is 169 Å². The molecule has 6 heteroatoms. The molecule has 1 heterocycles. The maximum Gasteiger partial charge on any atom is 0.167 e. The molecule has 2 aromatic carbocycles. The number of methoxy groups -OCH3 is 1. The third-order valence-electron chi connectivity index (χ3n) is 4.99. The predicted molar refractivity (Wildman–Crippen MR) is 110 cm³/mol. The number of ketones is 1. The first-order chi connectivity index (χ1) is 13.0. The molecular formula is C21H24ClNO3S. The van der Waals surface area contributed by atoms with Crippen LogP contribution in [0.1, 0.15) is 28.8 Å². The van der Waals surface area contributed by atoms with Crippen LogP contribution in [-0.4, -0.2) is 42.2 Å². The van der Waals surface area contributed by atoms with E-state index in [2.05, 4.69) is 4.90 Å². The predicted octanol–water partition coefficient (Wildman–Crippen LogP) is 4.87. The first kappa shape index (κ1) is 20.1. The lowest BCUT2D eigenvalue weighted by Gasteiger charge is -2.32. The number of likely N-dealkylation sites (tertiary alicyclic amines) is 1. The van der Waals surface area contributed by atoms with E-state index in [1.807, 2.05) is 30.5 Å². The first-order valence-corrected chi connectivity index (χ1v) is 10.6. The molecule has 0 spiro atoms. The van der Waals surface area contributed by atoms with Crippen molar-refractivity contribution in [2.24, 2.45) is 5.92 Å². The minimum atomic E-state index is -0.00309. The summed E-state index contributed by atoms with van der Waals surface area (Å²) in [5, 5.41) is 10.3. The topological polar surface area (TPSA) is 49.8 Å². The summed E-state index contributed by atoms with van der Waals surface area (Å²) in [4.78, 5) is 16.3. The van der Waals surface area contributed by atoms with E-state index in [1.54, 1.807) is 17.8 Å². The summed E-state index contributed by atoms with van der Waals surface area (Å²) in [6.07, 6.45) is 3.91. The van der Waals surface area contributed by atoms with Crippen molar-refractivity contribution in [3.63, 3.8) is 0 Å². The lowest BCUT2D eigenvalue weighted by molar-refractivity contribution is 0.0811. The zero-order valence-corrected chi connectivity index (χ0v) is 17.1. The molecular weight excluding hydrogens is 382 g/mol. The summed E-state index contributed by atoms with van der Waals surface area (Å²) in [7, 11) is 1.52. The summed E-state index contributed by atoms with van der Waals surface area (Å²) in [6, 6.07) is 11.1. The molecule has 0 aromatic heterocycles. The van der Waals surface area contributed by atoms with Crippen molar-refractivity contribution in [1.29, 1.82) is 0 Å². The van der Waals surface area contributed by atoms with Gasteiger partial charge in [0.05, 0.1) is 7.11 Å². The van der Waals surface area contributed by atoms with E-state index in [-0.39, 0.29) is 17.5 Å². The molecule has 1 atom stereocenters. The minimum Gasteiger partial charge on any atom is -0.504 e. The highest BCUT2D eigenvalue weighted by atomic mass is 35.5. The number of carbonyl (C=O) groups excluding carboxylic acids is 1. The fourth-order valence-corrected chi connectivity index (χ4v) is 4.14. The Morgan fingerprint density at radius 2 is 2.07 bits per heavy atom. The largest absolute Gasteiger partial charge is 0.504 e. The molecule has 1 saturated heterocycles.